The Morgan fingerprint density at radius 3 is 1.90 bits per heavy atom. The molecule has 0 unspecified atom stereocenters. The van der Waals surface area contributed by atoms with E-state index in [-0.39, 0.29) is 0 Å². The van der Waals surface area contributed by atoms with Gasteiger partial charge in [-0.3, -0.25) is 9.98 Å². The molecule has 0 aliphatic rings. The van der Waals surface area contributed by atoms with Gasteiger partial charge in [0.2, 0.25) is 0 Å². The molecule has 6 aromatic rings. The number of hydrogen-bond donors (Lipinski definition) is 0. The van der Waals surface area contributed by atoms with E-state index in [9.17, 15) is 4.79 Å². The fourth-order valence-corrected chi connectivity index (χ4v) is 9.10. The van der Waals surface area contributed by atoms with Gasteiger partial charge in [0.05, 0.1) is 16.9 Å². The highest BCUT2D eigenvalue weighted by Crippen LogP contribution is 2.27. The van der Waals surface area contributed by atoms with E-state index in [1.807, 2.05) is 91.9 Å². The Morgan fingerprint density at radius 1 is 0.756 bits per heavy atom. The number of nitrogens with zero attached hydrogens (tertiary/aromatic N) is 2. The highest BCUT2D eigenvalue weighted by Gasteiger charge is 2.44. The molecular weight excluding hydrogens is 524 g/mol. The number of aliphatic imine (C=N–C) groups is 1. The highest BCUT2D eigenvalue weighted by atomic mass is 28.4. The van der Waals surface area contributed by atoms with Crippen molar-refractivity contribution in [1.82, 2.24) is 4.98 Å². The zero-order valence-electron chi connectivity index (χ0n) is 22.8. The van der Waals surface area contributed by atoms with Crippen LogP contribution < -0.4 is 25.6 Å². The SMILES string of the molecule is CC(=Nc1cccc2cccnc12)c1c(O[Si](c2ccccc2)(c2ccccc2)c2ccccc2)cc(C)oc1=O. The predicted octanol–water partition coefficient (Wildman–Crippen LogP) is 5.68. The molecule has 200 valence electrons. The molecule has 2 heterocycles. The van der Waals surface area contributed by atoms with Crippen molar-refractivity contribution >= 4 is 46.2 Å². The summed E-state index contributed by atoms with van der Waals surface area (Å²) in [6, 6.07) is 42.3. The molecule has 0 spiro atoms. The summed E-state index contributed by atoms with van der Waals surface area (Å²) < 4.78 is 12.9. The van der Waals surface area contributed by atoms with Gasteiger partial charge in [0.15, 0.2) is 0 Å². The molecule has 0 fully saturated rings. The van der Waals surface area contributed by atoms with Crippen LogP contribution in [0.25, 0.3) is 10.9 Å². The summed E-state index contributed by atoms with van der Waals surface area (Å²) in [4.78, 5) is 22.9. The third kappa shape index (κ3) is 5.01. The van der Waals surface area contributed by atoms with Gasteiger partial charge in [-0.25, -0.2) is 4.79 Å². The summed E-state index contributed by atoms with van der Waals surface area (Å²) in [6.07, 6.45) is 1.74. The normalized spacial score (nSPS) is 11.9. The van der Waals surface area contributed by atoms with Gasteiger partial charge in [0.25, 0.3) is 0 Å². The van der Waals surface area contributed by atoms with Crippen molar-refractivity contribution in [3.8, 4) is 5.75 Å². The molecule has 6 rings (SSSR count). The molecule has 2 aromatic heterocycles. The van der Waals surface area contributed by atoms with Gasteiger partial charge in [-0.1, -0.05) is 109 Å². The highest BCUT2D eigenvalue weighted by molar-refractivity contribution is 7.07. The van der Waals surface area contributed by atoms with Crippen LogP contribution in [-0.4, -0.2) is 19.0 Å². The first-order valence-electron chi connectivity index (χ1n) is 13.5. The minimum absolute atomic E-state index is 0.295. The molecule has 6 heteroatoms. The minimum atomic E-state index is -3.17. The number of aromatic nitrogens is 1. The smallest absolute Gasteiger partial charge is 0.348 e. The standard InChI is InChI=1S/C35H28N2O3Si/c1-25-24-32(33(35(38)39-25)26(2)37-31-22-12-14-27-15-13-23-36-34(27)31)40-41(28-16-6-3-7-17-28,29-18-8-4-9-19-29)30-20-10-5-11-21-30/h3-24H,1-2H3. The van der Waals surface area contributed by atoms with Crippen LogP contribution in [0.1, 0.15) is 18.2 Å². The quantitative estimate of drug-likeness (QED) is 0.145. The maximum atomic E-state index is 13.5. The van der Waals surface area contributed by atoms with Gasteiger partial charge in [-0.15, -0.1) is 0 Å². The first kappa shape index (κ1) is 26.2. The van der Waals surface area contributed by atoms with Crippen molar-refractivity contribution in [1.29, 1.82) is 0 Å². The van der Waals surface area contributed by atoms with Crippen LogP contribution in [0, 0.1) is 6.92 Å². The summed E-state index contributed by atoms with van der Waals surface area (Å²) in [5, 5.41) is 4.14. The Kier molecular flexibility index (Phi) is 7.14. The molecule has 0 radical (unpaired) electrons. The molecule has 0 bridgehead atoms. The monoisotopic (exact) mass is 552 g/mol. The molecule has 0 atom stereocenters. The van der Waals surface area contributed by atoms with Crippen molar-refractivity contribution in [2.75, 3.05) is 0 Å². The zero-order chi connectivity index (χ0) is 28.2. The topological polar surface area (TPSA) is 64.7 Å². The number of pyridine rings is 1. The van der Waals surface area contributed by atoms with Crippen molar-refractivity contribution in [2.45, 2.75) is 13.8 Å². The molecule has 0 N–H and O–H groups in total. The summed E-state index contributed by atoms with van der Waals surface area (Å²) in [6.45, 7) is 3.57. The molecule has 0 aliphatic carbocycles. The van der Waals surface area contributed by atoms with Crippen LogP contribution in [0.4, 0.5) is 5.69 Å². The van der Waals surface area contributed by atoms with E-state index in [0.717, 1.165) is 26.5 Å². The Bertz CT molecular complexity index is 1800. The fraction of sp³-hybridized carbons (Fsp3) is 0.0571. The molecule has 0 amide bonds. The lowest BCUT2D eigenvalue weighted by atomic mass is 10.1. The number of fused-ring (bicyclic) bond motifs is 1. The van der Waals surface area contributed by atoms with Gasteiger partial charge < -0.3 is 8.84 Å². The maximum Gasteiger partial charge on any atom is 0.348 e. The van der Waals surface area contributed by atoms with E-state index in [2.05, 4.69) is 41.4 Å². The summed E-state index contributed by atoms with van der Waals surface area (Å²) in [5.74, 6) is 0.905. The van der Waals surface area contributed by atoms with Crippen molar-refractivity contribution in [2.24, 2.45) is 4.99 Å². The third-order valence-corrected chi connectivity index (χ3v) is 11.1. The predicted molar refractivity (Wildman–Crippen MR) is 168 cm³/mol. The maximum absolute atomic E-state index is 13.5. The van der Waals surface area contributed by atoms with Gasteiger partial charge in [-0.05, 0) is 41.5 Å². The Labute approximate surface area is 239 Å². The van der Waals surface area contributed by atoms with E-state index in [1.165, 1.54) is 0 Å². The average Bonchev–Trinajstić information content (AvgIpc) is 3.01. The lowest BCUT2D eigenvalue weighted by molar-refractivity contribution is 0.462. The second kappa shape index (κ2) is 11.2. The zero-order valence-corrected chi connectivity index (χ0v) is 23.8. The van der Waals surface area contributed by atoms with Crippen LogP contribution in [0.2, 0.25) is 0 Å². The first-order chi connectivity index (χ1) is 20.1. The van der Waals surface area contributed by atoms with E-state index in [1.54, 1.807) is 19.2 Å². The molecule has 0 saturated heterocycles. The summed E-state index contributed by atoms with van der Waals surface area (Å²) >= 11 is 0. The van der Waals surface area contributed by atoms with Crippen LogP contribution in [0.15, 0.2) is 148 Å². The van der Waals surface area contributed by atoms with E-state index in [0.29, 0.717) is 28.5 Å². The number of benzene rings is 4. The largest absolute Gasteiger partial charge is 0.530 e. The Balaban J connectivity index is 1.60. The second-order valence-corrected chi connectivity index (χ2v) is 13.1. The molecular formula is C35H28N2O3Si. The van der Waals surface area contributed by atoms with E-state index < -0.39 is 13.9 Å². The van der Waals surface area contributed by atoms with Crippen molar-refractivity contribution in [3.63, 3.8) is 0 Å². The van der Waals surface area contributed by atoms with Gasteiger partial charge in [-0.2, -0.15) is 0 Å². The number of rotatable bonds is 7. The van der Waals surface area contributed by atoms with E-state index in [4.69, 9.17) is 13.8 Å². The average molecular weight is 553 g/mol. The molecule has 4 aromatic carbocycles. The van der Waals surface area contributed by atoms with Gasteiger partial charge in [0.1, 0.15) is 17.1 Å². The van der Waals surface area contributed by atoms with Crippen LogP contribution in [-0.2, 0) is 0 Å². The second-order valence-electron chi connectivity index (χ2n) is 9.81. The van der Waals surface area contributed by atoms with Crippen LogP contribution in [0.5, 0.6) is 5.75 Å². The molecule has 0 aliphatic heterocycles. The van der Waals surface area contributed by atoms with Gasteiger partial charge >= 0.3 is 13.9 Å². The first-order valence-corrected chi connectivity index (χ1v) is 15.4. The number of hydrogen-bond acceptors (Lipinski definition) is 5. The van der Waals surface area contributed by atoms with Crippen LogP contribution >= 0.6 is 0 Å². The Morgan fingerprint density at radius 2 is 1.32 bits per heavy atom. The van der Waals surface area contributed by atoms with Crippen molar-refractivity contribution < 1.29 is 8.84 Å². The summed E-state index contributed by atoms with van der Waals surface area (Å²) in [5.41, 5.74) is 1.72. The molecule has 41 heavy (non-hydrogen) atoms. The molecule has 5 nitrogen and oxygen atoms in total. The third-order valence-electron chi connectivity index (χ3n) is 7.10. The molecule has 0 saturated carbocycles. The van der Waals surface area contributed by atoms with E-state index >= 15 is 0 Å². The van der Waals surface area contributed by atoms with Gasteiger partial charge in [0, 0.05) is 17.6 Å². The minimum Gasteiger partial charge on any atom is -0.530 e. The lowest BCUT2D eigenvalue weighted by Gasteiger charge is -2.34. The number of para-hydroxylation sites is 1. The Hall–Kier alpha value is -5.07. The van der Waals surface area contributed by atoms with Crippen molar-refractivity contribution in [3.05, 3.63) is 155 Å². The number of aryl methyl sites for hydroxylation is 1. The summed E-state index contributed by atoms with van der Waals surface area (Å²) in [7, 11) is -3.17. The van der Waals surface area contributed by atoms with Crippen LogP contribution in [0.3, 0.4) is 0 Å². The fourth-order valence-electron chi connectivity index (χ4n) is 5.27. The lowest BCUT2D eigenvalue weighted by Crippen LogP contribution is -2.71.